The van der Waals surface area contributed by atoms with Crippen LogP contribution in [0.1, 0.15) is 50.7 Å². The molecule has 0 bridgehead atoms. The average Bonchev–Trinajstić information content (AvgIpc) is 3.34. The number of carbonyl (C=O) groups is 3. The highest BCUT2D eigenvalue weighted by Gasteiger charge is 2.34. The lowest BCUT2D eigenvalue weighted by Gasteiger charge is -2.36. The Bertz CT molecular complexity index is 1740. The van der Waals surface area contributed by atoms with Crippen LogP contribution in [-0.4, -0.2) is 52.0 Å². The third kappa shape index (κ3) is 7.93. The second kappa shape index (κ2) is 14.2. The molecule has 11 nitrogen and oxygen atoms in total. The number of hydrogen-bond donors (Lipinski definition) is 1. The van der Waals surface area contributed by atoms with Crippen LogP contribution in [-0.2, 0) is 30.3 Å². The number of esters is 2. The van der Waals surface area contributed by atoms with Gasteiger partial charge >= 0.3 is 11.9 Å². The van der Waals surface area contributed by atoms with Crippen LogP contribution in [0.15, 0.2) is 71.1 Å². The predicted molar refractivity (Wildman–Crippen MR) is 174 cm³/mol. The van der Waals surface area contributed by atoms with Crippen LogP contribution in [0.5, 0.6) is 5.75 Å². The van der Waals surface area contributed by atoms with Crippen LogP contribution in [0.4, 0.5) is 11.4 Å². The van der Waals surface area contributed by atoms with Crippen molar-refractivity contribution in [1.82, 2.24) is 0 Å². The molecule has 0 radical (unpaired) electrons. The van der Waals surface area contributed by atoms with E-state index in [2.05, 4.69) is 10.1 Å². The SMILES string of the molecule is COC(=O)COc1cccc2oc(C(=O)Nc3ccc(-c4ccc(N(C(C(=O)OC(C)(C)C)C(C)C)S(=O)[O-])cc4)cc3)c(C)c12. The van der Waals surface area contributed by atoms with E-state index in [-0.39, 0.29) is 18.3 Å². The Morgan fingerprint density at radius 1 is 0.978 bits per heavy atom. The van der Waals surface area contributed by atoms with E-state index in [1.54, 1.807) is 96.1 Å². The first-order chi connectivity index (χ1) is 21.7. The first-order valence-corrected chi connectivity index (χ1v) is 15.6. The summed E-state index contributed by atoms with van der Waals surface area (Å²) < 4.78 is 47.2. The minimum atomic E-state index is -2.73. The van der Waals surface area contributed by atoms with Crippen LogP contribution >= 0.6 is 0 Å². The smallest absolute Gasteiger partial charge is 0.343 e. The van der Waals surface area contributed by atoms with Gasteiger partial charge in [-0.25, -0.2) is 9.59 Å². The maximum atomic E-state index is 13.2. The third-order valence-corrected chi connectivity index (χ3v) is 7.75. The first kappa shape index (κ1) is 34.2. The van der Waals surface area contributed by atoms with Gasteiger partial charge in [-0.15, -0.1) is 0 Å². The van der Waals surface area contributed by atoms with Crippen molar-refractivity contribution in [2.24, 2.45) is 5.92 Å². The zero-order valence-corrected chi connectivity index (χ0v) is 27.6. The standard InChI is InChI=1S/C34H38N2O9S/c1-20(2)30(33(39)45-34(4,5)6)36(46(40)41)25-17-13-23(14-18-25)22-11-15-24(16-12-22)35-32(38)31-21(3)29-26(43-19-28(37)42-7)9-8-10-27(29)44-31/h8-18,20,30H,19H2,1-7H3,(H,35,38)(H,40,41)/p-1. The third-order valence-electron chi connectivity index (χ3n) is 6.99. The number of carbonyl (C=O) groups excluding carboxylic acids is 3. The van der Waals surface area contributed by atoms with Gasteiger partial charge in [-0.1, -0.05) is 44.2 Å². The van der Waals surface area contributed by atoms with Crippen LogP contribution in [0, 0.1) is 12.8 Å². The summed E-state index contributed by atoms with van der Waals surface area (Å²) in [5.74, 6) is -1.46. The molecule has 1 aromatic heterocycles. The number of amides is 1. The average molecular weight is 650 g/mol. The molecule has 0 aliphatic rings. The molecule has 12 heteroatoms. The number of nitrogens with one attached hydrogen (secondary N) is 1. The molecular formula is C34H37N2O9S-. The van der Waals surface area contributed by atoms with E-state index in [0.29, 0.717) is 33.7 Å². The van der Waals surface area contributed by atoms with Gasteiger partial charge in [-0.05, 0) is 81.1 Å². The van der Waals surface area contributed by atoms with E-state index in [9.17, 15) is 23.1 Å². The summed E-state index contributed by atoms with van der Waals surface area (Å²) in [6.45, 7) is 10.2. The van der Waals surface area contributed by atoms with E-state index in [4.69, 9.17) is 13.9 Å². The van der Waals surface area contributed by atoms with E-state index in [1.165, 1.54) is 7.11 Å². The van der Waals surface area contributed by atoms with E-state index in [0.717, 1.165) is 15.4 Å². The van der Waals surface area contributed by atoms with Gasteiger partial charge in [0.25, 0.3) is 5.91 Å². The Morgan fingerprint density at radius 2 is 1.59 bits per heavy atom. The normalized spacial score (nSPS) is 12.8. The maximum absolute atomic E-state index is 13.2. The molecule has 2 unspecified atom stereocenters. The topological polar surface area (TPSA) is 147 Å². The molecule has 1 N–H and O–H groups in total. The highest BCUT2D eigenvalue weighted by Crippen LogP contribution is 2.34. The number of ether oxygens (including phenoxy) is 3. The minimum absolute atomic E-state index is 0.107. The van der Waals surface area contributed by atoms with Gasteiger partial charge in [0.05, 0.1) is 12.5 Å². The van der Waals surface area contributed by atoms with E-state index in [1.807, 2.05) is 12.1 Å². The quantitative estimate of drug-likeness (QED) is 0.149. The molecule has 0 saturated carbocycles. The number of benzene rings is 3. The summed E-state index contributed by atoms with van der Waals surface area (Å²) in [5.41, 5.74) is 2.69. The fraction of sp³-hybridized carbons (Fsp3) is 0.324. The summed E-state index contributed by atoms with van der Waals surface area (Å²) in [4.78, 5) is 37.6. The molecule has 46 heavy (non-hydrogen) atoms. The Kier molecular flexibility index (Phi) is 10.5. The largest absolute Gasteiger partial charge is 0.755 e. The summed E-state index contributed by atoms with van der Waals surface area (Å²) in [7, 11) is 1.27. The molecular weight excluding hydrogens is 612 g/mol. The van der Waals surface area contributed by atoms with Crippen molar-refractivity contribution in [3.05, 3.63) is 78.1 Å². The number of hydrogen-bond acceptors (Lipinski definition) is 9. The van der Waals surface area contributed by atoms with Gasteiger partial charge in [0.2, 0.25) is 0 Å². The summed E-state index contributed by atoms with van der Waals surface area (Å²) in [6, 6.07) is 17.9. The summed E-state index contributed by atoms with van der Waals surface area (Å²) >= 11 is -2.73. The zero-order chi connectivity index (χ0) is 33.8. The lowest BCUT2D eigenvalue weighted by Crippen LogP contribution is -2.48. The molecule has 0 aliphatic heterocycles. The fourth-order valence-corrected chi connectivity index (χ4v) is 5.68. The van der Waals surface area contributed by atoms with Crippen molar-refractivity contribution in [3.63, 3.8) is 0 Å². The monoisotopic (exact) mass is 649 g/mol. The molecule has 1 amide bonds. The Hall–Kier alpha value is -4.68. The van der Waals surface area contributed by atoms with Crippen molar-refractivity contribution >= 4 is 51.5 Å². The molecule has 3 aromatic carbocycles. The van der Waals surface area contributed by atoms with Gasteiger partial charge in [-0.3, -0.25) is 13.3 Å². The second-order valence-electron chi connectivity index (χ2n) is 11.9. The number of furan rings is 1. The highest BCUT2D eigenvalue weighted by molar-refractivity contribution is 7.80. The number of nitrogens with zero attached hydrogens (tertiary/aromatic N) is 1. The van der Waals surface area contributed by atoms with Crippen molar-refractivity contribution in [1.29, 1.82) is 0 Å². The van der Waals surface area contributed by atoms with Crippen LogP contribution < -0.4 is 14.4 Å². The number of fused-ring (bicyclic) bond motifs is 1. The summed E-state index contributed by atoms with van der Waals surface area (Å²) in [6.07, 6.45) is 0. The molecule has 0 saturated heterocycles. The predicted octanol–water partition coefficient (Wildman–Crippen LogP) is 6.18. The molecule has 0 spiro atoms. The Labute approximate surface area is 270 Å². The van der Waals surface area contributed by atoms with Crippen molar-refractivity contribution in [2.45, 2.75) is 53.2 Å². The first-order valence-electron chi connectivity index (χ1n) is 14.5. The van der Waals surface area contributed by atoms with E-state index < -0.39 is 40.8 Å². The van der Waals surface area contributed by atoms with Gasteiger partial charge < -0.3 is 28.5 Å². The van der Waals surface area contributed by atoms with Crippen LogP contribution in [0.2, 0.25) is 0 Å². The molecule has 0 fully saturated rings. The van der Waals surface area contributed by atoms with Crippen LogP contribution in [0.25, 0.3) is 22.1 Å². The highest BCUT2D eigenvalue weighted by atomic mass is 32.2. The number of rotatable bonds is 11. The van der Waals surface area contributed by atoms with Gasteiger partial charge in [0, 0.05) is 28.2 Å². The number of aryl methyl sites for hydroxylation is 1. The maximum Gasteiger partial charge on any atom is 0.343 e. The van der Waals surface area contributed by atoms with Gasteiger partial charge in [0.15, 0.2) is 12.4 Å². The van der Waals surface area contributed by atoms with Gasteiger partial charge in [0.1, 0.15) is 23.0 Å². The molecule has 2 atom stereocenters. The molecule has 0 aliphatic carbocycles. The Balaban J connectivity index is 1.50. The number of anilines is 2. The second-order valence-corrected chi connectivity index (χ2v) is 12.7. The summed E-state index contributed by atoms with van der Waals surface area (Å²) in [5, 5.41) is 3.42. The molecule has 4 rings (SSSR count). The minimum Gasteiger partial charge on any atom is -0.755 e. The lowest BCUT2D eigenvalue weighted by atomic mass is 10.0. The van der Waals surface area contributed by atoms with E-state index >= 15 is 0 Å². The van der Waals surface area contributed by atoms with Crippen molar-refractivity contribution in [3.8, 4) is 16.9 Å². The van der Waals surface area contributed by atoms with Gasteiger partial charge in [-0.2, -0.15) is 0 Å². The zero-order valence-electron chi connectivity index (χ0n) is 26.7. The molecule has 4 aromatic rings. The van der Waals surface area contributed by atoms with Crippen LogP contribution in [0.3, 0.4) is 0 Å². The molecule has 1 heterocycles. The fourth-order valence-electron chi connectivity index (χ4n) is 4.87. The lowest BCUT2D eigenvalue weighted by molar-refractivity contribution is -0.157. The number of methoxy groups -OCH3 is 1. The molecule has 244 valence electrons. The van der Waals surface area contributed by atoms with Crippen molar-refractivity contribution in [2.75, 3.05) is 23.3 Å². The Morgan fingerprint density at radius 3 is 2.13 bits per heavy atom. The van der Waals surface area contributed by atoms with Crippen molar-refractivity contribution < 1.29 is 41.8 Å².